The number of hydrogen-bond donors (Lipinski definition) is 0. The van der Waals surface area contributed by atoms with Crippen LogP contribution in [0, 0.1) is 10.1 Å². The van der Waals surface area contributed by atoms with E-state index in [1.807, 2.05) is 6.92 Å². The molecule has 0 aliphatic carbocycles. The standard InChI is InChI=1S/C17H15NO6/c1-2-10-23-16(19)12-6-8-15(9-7-12)24-17(20)13-4-3-5-14(11-13)18(21)22/h3-9,11H,2,10H2,1H3. The Morgan fingerprint density at radius 1 is 1.04 bits per heavy atom. The third-order valence-electron chi connectivity index (χ3n) is 3.03. The minimum atomic E-state index is -0.722. The maximum absolute atomic E-state index is 12.0. The van der Waals surface area contributed by atoms with Gasteiger partial charge in [-0.3, -0.25) is 10.1 Å². The molecular weight excluding hydrogens is 314 g/mol. The molecule has 0 unspecified atom stereocenters. The van der Waals surface area contributed by atoms with Crippen LogP contribution in [-0.2, 0) is 4.74 Å². The summed E-state index contributed by atoms with van der Waals surface area (Å²) < 4.78 is 10.1. The molecule has 7 heteroatoms. The van der Waals surface area contributed by atoms with Crippen molar-refractivity contribution >= 4 is 17.6 Å². The van der Waals surface area contributed by atoms with Crippen molar-refractivity contribution < 1.29 is 24.0 Å². The fourth-order valence-corrected chi connectivity index (χ4v) is 1.85. The van der Waals surface area contributed by atoms with Crippen molar-refractivity contribution in [3.05, 3.63) is 69.8 Å². The lowest BCUT2D eigenvalue weighted by atomic mass is 10.2. The lowest BCUT2D eigenvalue weighted by Gasteiger charge is -2.06. The zero-order chi connectivity index (χ0) is 17.5. The van der Waals surface area contributed by atoms with Crippen LogP contribution < -0.4 is 4.74 Å². The van der Waals surface area contributed by atoms with Gasteiger partial charge < -0.3 is 9.47 Å². The third kappa shape index (κ3) is 4.39. The first-order valence-corrected chi connectivity index (χ1v) is 7.25. The summed E-state index contributed by atoms with van der Waals surface area (Å²) in [6.45, 7) is 2.23. The Bertz CT molecular complexity index is 754. The van der Waals surface area contributed by atoms with E-state index in [1.165, 1.54) is 42.5 Å². The van der Waals surface area contributed by atoms with Crippen LogP contribution in [-0.4, -0.2) is 23.5 Å². The summed E-state index contributed by atoms with van der Waals surface area (Å²) in [5, 5.41) is 10.7. The molecule has 0 saturated heterocycles. The first kappa shape index (κ1) is 17.1. The number of nitrogens with zero attached hydrogens (tertiary/aromatic N) is 1. The van der Waals surface area contributed by atoms with Gasteiger partial charge in [0, 0.05) is 12.1 Å². The summed E-state index contributed by atoms with van der Waals surface area (Å²) in [7, 11) is 0. The summed E-state index contributed by atoms with van der Waals surface area (Å²) in [5.74, 6) is -0.952. The van der Waals surface area contributed by atoms with Crippen LogP contribution in [0.3, 0.4) is 0 Å². The van der Waals surface area contributed by atoms with Gasteiger partial charge in [0.15, 0.2) is 0 Å². The Morgan fingerprint density at radius 3 is 2.38 bits per heavy atom. The predicted octanol–water partition coefficient (Wildman–Crippen LogP) is 3.38. The summed E-state index contributed by atoms with van der Waals surface area (Å²) in [5.41, 5.74) is 0.215. The zero-order valence-electron chi connectivity index (χ0n) is 12.9. The number of esters is 2. The minimum Gasteiger partial charge on any atom is -0.462 e. The molecule has 0 heterocycles. The molecule has 0 aliphatic rings. The first-order valence-electron chi connectivity index (χ1n) is 7.25. The molecule has 2 aromatic rings. The number of nitro groups is 1. The van der Waals surface area contributed by atoms with E-state index >= 15 is 0 Å². The van der Waals surface area contributed by atoms with Gasteiger partial charge in [-0.05, 0) is 36.8 Å². The van der Waals surface area contributed by atoms with Gasteiger partial charge in [-0.15, -0.1) is 0 Å². The van der Waals surface area contributed by atoms with E-state index in [2.05, 4.69) is 0 Å². The number of carbonyl (C=O) groups is 2. The average Bonchev–Trinajstić information content (AvgIpc) is 2.60. The summed E-state index contributed by atoms with van der Waals surface area (Å²) in [6.07, 6.45) is 0.727. The molecule has 0 spiro atoms. The molecule has 24 heavy (non-hydrogen) atoms. The second-order valence-corrected chi connectivity index (χ2v) is 4.86. The number of non-ortho nitro benzene ring substituents is 1. The second kappa shape index (κ2) is 7.87. The van der Waals surface area contributed by atoms with E-state index in [1.54, 1.807) is 0 Å². The van der Waals surface area contributed by atoms with Gasteiger partial charge in [-0.2, -0.15) is 0 Å². The number of rotatable bonds is 6. The Kier molecular flexibility index (Phi) is 5.62. The Balaban J connectivity index is 2.05. The highest BCUT2D eigenvalue weighted by atomic mass is 16.6. The topological polar surface area (TPSA) is 95.7 Å². The van der Waals surface area contributed by atoms with Crippen molar-refractivity contribution in [3.8, 4) is 5.75 Å². The lowest BCUT2D eigenvalue weighted by molar-refractivity contribution is -0.384. The molecule has 2 aromatic carbocycles. The van der Waals surface area contributed by atoms with Crippen molar-refractivity contribution in [2.45, 2.75) is 13.3 Å². The van der Waals surface area contributed by atoms with Crippen LogP contribution >= 0.6 is 0 Å². The SMILES string of the molecule is CCCOC(=O)c1ccc(OC(=O)c2cccc([N+](=O)[O-])c2)cc1. The van der Waals surface area contributed by atoms with Crippen molar-refractivity contribution in [1.29, 1.82) is 0 Å². The average molecular weight is 329 g/mol. The van der Waals surface area contributed by atoms with E-state index < -0.39 is 16.9 Å². The highest BCUT2D eigenvalue weighted by molar-refractivity contribution is 5.92. The van der Waals surface area contributed by atoms with E-state index in [0.717, 1.165) is 12.5 Å². The maximum Gasteiger partial charge on any atom is 0.343 e. The first-order chi connectivity index (χ1) is 11.5. The van der Waals surface area contributed by atoms with Crippen molar-refractivity contribution in [1.82, 2.24) is 0 Å². The molecule has 0 amide bonds. The molecular formula is C17H15NO6. The van der Waals surface area contributed by atoms with Gasteiger partial charge in [-0.25, -0.2) is 9.59 Å². The normalized spacial score (nSPS) is 10.0. The smallest absolute Gasteiger partial charge is 0.343 e. The number of benzene rings is 2. The van der Waals surface area contributed by atoms with Crippen LogP contribution in [0.1, 0.15) is 34.1 Å². The predicted molar refractivity (Wildman–Crippen MR) is 85.1 cm³/mol. The van der Waals surface area contributed by atoms with Gasteiger partial charge in [0.1, 0.15) is 5.75 Å². The van der Waals surface area contributed by atoms with Gasteiger partial charge in [0.25, 0.3) is 5.69 Å². The van der Waals surface area contributed by atoms with Gasteiger partial charge in [0.2, 0.25) is 0 Å². The molecule has 0 atom stereocenters. The van der Waals surface area contributed by atoms with Crippen molar-refractivity contribution in [3.63, 3.8) is 0 Å². The Morgan fingerprint density at radius 2 is 1.75 bits per heavy atom. The summed E-state index contributed by atoms with van der Waals surface area (Å²) >= 11 is 0. The highest BCUT2D eigenvalue weighted by Crippen LogP contribution is 2.17. The molecule has 0 radical (unpaired) electrons. The summed E-state index contributed by atoms with van der Waals surface area (Å²) in [4.78, 5) is 33.8. The van der Waals surface area contributed by atoms with E-state index in [4.69, 9.17) is 9.47 Å². The molecule has 2 rings (SSSR count). The molecule has 0 fully saturated rings. The molecule has 0 saturated carbocycles. The Hall–Kier alpha value is -3.22. The second-order valence-electron chi connectivity index (χ2n) is 4.86. The van der Waals surface area contributed by atoms with Gasteiger partial charge >= 0.3 is 11.9 Å². The Labute approximate surface area is 138 Å². The van der Waals surface area contributed by atoms with Gasteiger partial charge in [0.05, 0.1) is 22.7 Å². The maximum atomic E-state index is 12.0. The highest BCUT2D eigenvalue weighted by Gasteiger charge is 2.14. The van der Waals surface area contributed by atoms with Crippen molar-refractivity contribution in [2.24, 2.45) is 0 Å². The quantitative estimate of drug-likeness (QED) is 0.349. The van der Waals surface area contributed by atoms with E-state index in [-0.39, 0.29) is 17.0 Å². The molecule has 0 aromatic heterocycles. The molecule has 0 bridgehead atoms. The molecule has 7 nitrogen and oxygen atoms in total. The number of hydrogen-bond acceptors (Lipinski definition) is 6. The number of carbonyl (C=O) groups excluding carboxylic acids is 2. The number of ether oxygens (including phenoxy) is 2. The molecule has 0 N–H and O–H groups in total. The lowest BCUT2D eigenvalue weighted by Crippen LogP contribution is -2.09. The molecule has 124 valence electrons. The fraction of sp³-hybridized carbons (Fsp3) is 0.176. The largest absolute Gasteiger partial charge is 0.462 e. The zero-order valence-corrected chi connectivity index (χ0v) is 12.9. The van der Waals surface area contributed by atoms with Crippen molar-refractivity contribution in [2.75, 3.05) is 6.61 Å². The monoisotopic (exact) mass is 329 g/mol. The van der Waals surface area contributed by atoms with Crippen LogP contribution in [0.15, 0.2) is 48.5 Å². The third-order valence-corrected chi connectivity index (χ3v) is 3.03. The van der Waals surface area contributed by atoms with Gasteiger partial charge in [-0.1, -0.05) is 13.0 Å². The van der Waals surface area contributed by atoms with E-state index in [0.29, 0.717) is 12.2 Å². The minimum absolute atomic E-state index is 0.0654. The summed E-state index contributed by atoms with van der Waals surface area (Å²) in [6, 6.07) is 11.1. The number of nitro benzene ring substituents is 1. The molecule has 0 aliphatic heterocycles. The van der Waals surface area contributed by atoms with Crippen LogP contribution in [0.25, 0.3) is 0 Å². The van der Waals surface area contributed by atoms with Crippen LogP contribution in [0.4, 0.5) is 5.69 Å². The van der Waals surface area contributed by atoms with Crippen LogP contribution in [0.5, 0.6) is 5.75 Å². The fourth-order valence-electron chi connectivity index (χ4n) is 1.85. The van der Waals surface area contributed by atoms with Crippen LogP contribution in [0.2, 0.25) is 0 Å². The van der Waals surface area contributed by atoms with E-state index in [9.17, 15) is 19.7 Å².